The number of pyridine rings is 1. The molecule has 9 heteroatoms. The molecule has 7 nitrogen and oxygen atoms in total. The average Bonchev–Trinajstić information content (AvgIpc) is 2.85. The van der Waals surface area contributed by atoms with Gasteiger partial charge in [0.15, 0.2) is 0 Å². The van der Waals surface area contributed by atoms with Gasteiger partial charge in [0, 0.05) is 36.7 Å². The van der Waals surface area contributed by atoms with Crippen molar-refractivity contribution in [3.63, 3.8) is 0 Å². The van der Waals surface area contributed by atoms with E-state index >= 15 is 0 Å². The number of benzene rings is 2. The van der Waals surface area contributed by atoms with E-state index in [1.165, 1.54) is 24.3 Å². The van der Waals surface area contributed by atoms with Gasteiger partial charge in [-0.1, -0.05) is 12.1 Å². The molecule has 4 rings (SSSR count). The number of hydrogen-bond acceptors (Lipinski definition) is 5. The summed E-state index contributed by atoms with van der Waals surface area (Å²) in [7, 11) is 0. The van der Waals surface area contributed by atoms with Gasteiger partial charge in [-0.3, -0.25) is 15.1 Å². The van der Waals surface area contributed by atoms with Crippen LogP contribution >= 0.6 is 12.4 Å². The van der Waals surface area contributed by atoms with Gasteiger partial charge in [-0.2, -0.15) is 0 Å². The van der Waals surface area contributed by atoms with Gasteiger partial charge >= 0.3 is 6.09 Å². The van der Waals surface area contributed by atoms with E-state index in [9.17, 15) is 14.0 Å². The van der Waals surface area contributed by atoms with Crippen LogP contribution in [0.15, 0.2) is 73.1 Å². The Morgan fingerprint density at radius 3 is 2.21 bits per heavy atom. The molecule has 178 valence electrons. The molecular weight excluding hydrogens is 459 g/mol. The number of carbonyl (C=O) groups is 2. The van der Waals surface area contributed by atoms with Crippen LogP contribution in [-0.2, 0) is 4.74 Å². The van der Waals surface area contributed by atoms with Gasteiger partial charge in [0.25, 0.3) is 5.91 Å². The molecule has 0 aliphatic carbocycles. The summed E-state index contributed by atoms with van der Waals surface area (Å²) in [6.45, 7) is 2.13. The topological polar surface area (TPSA) is 83.6 Å². The van der Waals surface area contributed by atoms with Gasteiger partial charge in [-0.05, 0) is 67.3 Å². The van der Waals surface area contributed by atoms with Gasteiger partial charge in [0.1, 0.15) is 5.82 Å². The van der Waals surface area contributed by atoms with Crippen LogP contribution in [-0.4, -0.2) is 36.7 Å². The molecule has 0 spiro atoms. The molecule has 2 N–H and O–H groups in total. The Labute approximate surface area is 203 Å². The van der Waals surface area contributed by atoms with Gasteiger partial charge in [0.05, 0.1) is 18.0 Å². The first-order valence-electron chi connectivity index (χ1n) is 10.8. The van der Waals surface area contributed by atoms with E-state index in [2.05, 4.69) is 20.5 Å². The van der Waals surface area contributed by atoms with Crippen molar-refractivity contribution in [3.8, 4) is 0 Å². The molecule has 34 heavy (non-hydrogen) atoms. The van der Waals surface area contributed by atoms with E-state index in [0.717, 1.165) is 31.6 Å². The first-order chi connectivity index (χ1) is 16.1. The van der Waals surface area contributed by atoms with E-state index in [1.807, 2.05) is 12.1 Å². The first-order valence-corrected chi connectivity index (χ1v) is 10.8. The van der Waals surface area contributed by atoms with Gasteiger partial charge in [-0.15, -0.1) is 12.4 Å². The molecule has 0 saturated carbocycles. The molecule has 2 aromatic carbocycles. The van der Waals surface area contributed by atoms with Crippen molar-refractivity contribution in [2.45, 2.75) is 12.8 Å². The summed E-state index contributed by atoms with van der Waals surface area (Å²) in [5, 5.41) is 5.43. The summed E-state index contributed by atoms with van der Waals surface area (Å²) in [6, 6.07) is 16.1. The predicted molar refractivity (Wildman–Crippen MR) is 132 cm³/mol. The quantitative estimate of drug-likeness (QED) is 0.492. The van der Waals surface area contributed by atoms with Crippen LogP contribution in [0.25, 0.3) is 0 Å². The van der Waals surface area contributed by atoms with Crippen LogP contribution < -0.4 is 15.5 Å². The fraction of sp³-hybridized carbons (Fsp3) is 0.240. The Hall–Kier alpha value is -3.65. The summed E-state index contributed by atoms with van der Waals surface area (Å²) in [5.41, 5.74) is 2.31. The van der Waals surface area contributed by atoms with E-state index in [4.69, 9.17) is 4.74 Å². The van der Waals surface area contributed by atoms with Crippen molar-refractivity contribution >= 4 is 41.5 Å². The third-order valence-corrected chi connectivity index (χ3v) is 5.61. The van der Waals surface area contributed by atoms with Crippen LogP contribution in [0.2, 0.25) is 0 Å². The van der Waals surface area contributed by atoms with E-state index < -0.39 is 17.8 Å². The summed E-state index contributed by atoms with van der Waals surface area (Å²) >= 11 is 0. The highest BCUT2D eigenvalue weighted by Crippen LogP contribution is 2.24. The second-order valence-corrected chi connectivity index (χ2v) is 7.87. The highest BCUT2D eigenvalue weighted by atomic mass is 35.5. The number of ether oxygens (including phenoxy) is 1. The zero-order chi connectivity index (χ0) is 23.0. The number of nitrogens with one attached hydrogen (secondary N) is 2. The number of para-hydroxylation sites is 2. The number of piperidine rings is 1. The minimum atomic E-state index is -0.574. The van der Waals surface area contributed by atoms with Crippen molar-refractivity contribution in [1.82, 2.24) is 4.98 Å². The number of rotatable bonds is 6. The van der Waals surface area contributed by atoms with Crippen LogP contribution in [0.4, 0.5) is 26.2 Å². The number of amides is 2. The summed E-state index contributed by atoms with van der Waals surface area (Å²) < 4.78 is 18.5. The lowest BCUT2D eigenvalue weighted by molar-refractivity contribution is 0.102. The summed E-state index contributed by atoms with van der Waals surface area (Å²) in [5.74, 6) is -0.528. The minimum Gasteiger partial charge on any atom is -0.449 e. The number of halogens is 2. The number of aromatic nitrogens is 1. The molecule has 0 bridgehead atoms. The molecule has 0 atom stereocenters. The maximum absolute atomic E-state index is 13.1. The zero-order valence-electron chi connectivity index (χ0n) is 18.4. The Morgan fingerprint density at radius 1 is 0.941 bits per heavy atom. The van der Waals surface area contributed by atoms with E-state index in [0.29, 0.717) is 29.5 Å². The fourth-order valence-electron chi connectivity index (χ4n) is 3.75. The molecule has 1 fully saturated rings. The lowest BCUT2D eigenvalue weighted by Gasteiger charge is -2.33. The summed E-state index contributed by atoms with van der Waals surface area (Å²) in [4.78, 5) is 31.2. The maximum atomic E-state index is 13.1. The lowest BCUT2D eigenvalue weighted by Crippen LogP contribution is -2.35. The van der Waals surface area contributed by atoms with Crippen LogP contribution in [0.5, 0.6) is 0 Å². The molecule has 2 amide bonds. The SMILES string of the molecule is Cl.O=C(Nc1ccccc1NC(=O)c1ccc(F)cc1)OCC1CCN(c2ccncc2)CC1. The zero-order valence-corrected chi connectivity index (χ0v) is 19.3. The molecule has 2 heterocycles. The molecule has 0 unspecified atom stereocenters. The van der Waals surface area contributed by atoms with Crippen LogP contribution in [0.3, 0.4) is 0 Å². The van der Waals surface area contributed by atoms with Crippen LogP contribution in [0, 0.1) is 11.7 Å². The first kappa shape index (κ1) is 25.0. The normalized spacial score (nSPS) is 13.5. The monoisotopic (exact) mass is 484 g/mol. The molecular formula is C25H26ClFN4O3. The lowest BCUT2D eigenvalue weighted by atomic mass is 9.97. The number of carbonyl (C=O) groups excluding carboxylic acids is 2. The van der Waals surface area contributed by atoms with Gasteiger partial charge in [-0.25, -0.2) is 9.18 Å². The molecule has 3 aromatic rings. The van der Waals surface area contributed by atoms with Crippen molar-refractivity contribution in [2.24, 2.45) is 5.92 Å². The standard InChI is InChI=1S/C25H25FN4O3.ClH/c26-20-7-5-19(6-8-20)24(31)28-22-3-1-2-4-23(22)29-25(32)33-17-18-11-15-30(16-12-18)21-9-13-27-14-10-21;/h1-10,13-14,18H,11-12,15-17H2,(H,28,31)(H,29,32);1H. The third kappa shape index (κ3) is 6.68. The number of nitrogens with zero attached hydrogens (tertiary/aromatic N) is 2. The van der Waals surface area contributed by atoms with Gasteiger partial charge in [0.2, 0.25) is 0 Å². The van der Waals surface area contributed by atoms with E-state index in [-0.39, 0.29) is 12.4 Å². The van der Waals surface area contributed by atoms with E-state index in [1.54, 1.807) is 36.7 Å². The van der Waals surface area contributed by atoms with Crippen molar-refractivity contribution < 1.29 is 18.7 Å². The Morgan fingerprint density at radius 2 is 1.56 bits per heavy atom. The van der Waals surface area contributed by atoms with Crippen LogP contribution in [0.1, 0.15) is 23.2 Å². The maximum Gasteiger partial charge on any atom is 0.411 e. The Kier molecular flexibility index (Phi) is 8.81. The fourth-order valence-corrected chi connectivity index (χ4v) is 3.75. The largest absolute Gasteiger partial charge is 0.449 e. The van der Waals surface area contributed by atoms with Crippen molar-refractivity contribution in [2.75, 3.05) is 35.2 Å². The Balaban J connectivity index is 0.00000324. The Bertz CT molecular complexity index is 1090. The minimum absolute atomic E-state index is 0. The smallest absolute Gasteiger partial charge is 0.411 e. The molecule has 1 aliphatic heterocycles. The second-order valence-electron chi connectivity index (χ2n) is 7.87. The molecule has 1 aliphatic rings. The molecule has 0 radical (unpaired) electrons. The average molecular weight is 485 g/mol. The summed E-state index contributed by atoms with van der Waals surface area (Å²) in [6.07, 6.45) is 4.86. The van der Waals surface area contributed by atoms with Crippen molar-refractivity contribution in [3.05, 3.63) is 84.4 Å². The molecule has 1 aromatic heterocycles. The second kappa shape index (κ2) is 12.0. The number of hydrogen-bond donors (Lipinski definition) is 2. The highest BCUT2D eigenvalue weighted by molar-refractivity contribution is 6.06. The number of anilines is 3. The van der Waals surface area contributed by atoms with Crippen molar-refractivity contribution in [1.29, 1.82) is 0 Å². The predicted octanol–water partition coefficient (Wildman–Crippen LogP) is 5.36. The molecule has 1 saturated heterocycles. The highest BCUT2D eigenvalue weighted by Gasteiger charge is 2.21. The third-order valence-electron chi connectivity index (χ3n) is 5.61. The van der Waals surface area contributed by atoms with Gasteiger partial charge < -0.3 is 15.0 Å².